The van der Waals surface area contributed by atoms with Crippen LogP contribution < -0.4 is 5.32 Å². The average Bonchev–Trinajstić information content (AvgIpc) is 2.70. The molecule has 7 heteroatoms. The molecule has 1 aliphatic heterocycles. The fourth-order valence-electron chi connectivity index (χ4n) is 3.56. The standard InChI is InChI=1S/C22H27FN2O3S/c1-15-4-5-19(14-16(15)2)17(3)24-22(26)18-10-12-25(13-11-18)29(27,28)21-8-6-20(23)7-9-21/h4-9,14,17-18H,10-13H2,1-3H3,(H,24,26). The molecule has 0 radical (unpaired) electrons. The molecule has 1 heterocycles. The summed E-state index contributed by atoms with van der Waals surface area (Å²) in [4.78, 5) is 12.8. The summed E-state index contributed by atoms with van der Waals surface area (Å²) < 4.78 is 39.8. The van der Waals surface area contributed by atoms with Gasteiger partial charge in [0.2, 0.25) is 15.9 Å². The van der Waals surface area contributed by atoms with Gasteiger partial charge >= 0.3 is 0 Å². The third-order valence-corrected chi connectivity index (χ3v) is 7.58. The van der Waals surface area contributed by atoms with E-state index in [0.29, 0.717) is 12.8 Å². The first-order valence-corrected chi connectivity index (χ1v) is 11.3. The predicted molar refractivity (Wildman–Crippen MR) is 110 cm³/mol. The second-order valence-corrected chi connectivity index (χ2v) is 9.64. The number of aryl methyl sites for hydroxylation is 2. The fraction of sp³-hybridized carbons (Fsp3) is 0.409. The largest absolute Gasteiger partial charge is 0.349 e. The summed E-state index contributed by atoms with van der Waals surface area (Å²) >= 11 is 0. The van der Waals surface area contributed by atoms with Gasteiger partial charge in [0.25, 0.3) is 0 Å². The van der Waals surface area contributed by atoms with Crippen LogP contribution in [0.3, 0.4) is 0 Å². The van der Waals surface area contributed by atoms with E-state index in [9.17, 15) is 17.6 Å². The summed E-state index contributed by atoms with van der Waals surface area (Å²) in [5.74, 6) is -0.740. The van der Waals surface area contributed by atoms with E-state index in [-0.39, 0.29) is 35.9 Å². The maximum absolute atomic E-state index is 13.1. The Kier molecular flexibility index (Phi) is 6.39. The summed E-state index contributed by atoms with van der Waals surface area (Å²) in [6, 6.07) is 10.9. The molecule has 0 aliphatic carbocycles. The Labute approximate surface area is 172 Å². The van der Waals surface area contributed by atoms with E-state index >= 15 is 0 Å². The summed E-state index contributed by atoms with van der Waals surface area (Å²) in [7, 11) is -3.67. The fourth-order valence-corrected chi connectivity index (χ4v) is 5.03. The van der Waals surface area contributed by atoms with Crippen LogP contribution in [0.2, 0.25) is 0 Å². The zero-order chi connectivity index (χ0) is 21.2. The van der Waals surface area contributed by atoms with Crippen molar-refractivity contribution < 1.29 is 17.6 Å². The van der Waals surface area contributed by atoms with Crippen LogP contribution in [0.15, 0.2) is 47.4 Å². The van der Waals surface area contributed by atoms with Crippen molar-refractivity contribution in [1.82, 2.24) is 9.62 Å². The number of sulfonamides is 1. The van der Waals surface area contributed by atoms with E-state index in [2.05, 4.69) is 18.3 Å². The number of carbonyl (C=O) groups is 1. The summed E-state index contributed by atoms with van der Waals surface area (Å²) in [5, 5.41) is 3.06. The molecule has 0 aromatic heterocycles. The van der Waals surface area contributed by atoms with Gasteiger partial charge in [-0.3, -0.25) is 4.79 Å². The van der Waals surface area contributed by atoms with Crippen molar-refractivity contribution in [1.29, 1.82) is 0 Å². The highest BCUT2D eigenvalue weighted by Crippen LogP contribution is 2.25. The lowest BCUT2D eigenvalue weighted by atomic mass is 9.96. The maximum Gasteiger partial charge on any atom is 0.243 e. The molecule has 1 amide bonds. The molecular weight excluding hydrogens is 391 g/mol. The van der Waals surface area contributed by atoms with Gasteiger partial charge in [0.1, 0.15) is 5.82 Å². The quantitative estimate of drug-likeness (QED) is 0.805. The minimum absolute atomic E-state index is 0.0467. The first kappa shape index (κ1) is 21.5. The van der Waals surface area contributed by atoms with Crippen molar-refractivity contribution in [3.8, 4) is 0 Å². The number of benzene rings is 2. The molecule has 1 fully saturated rings. The molecule has 0 saturated carbocycles. The minimum atomic E-state index is -3.67. The molecular formula is C22H27FN2O3S. The van der Waals surface area contributed by atoms with Crippen molar-refractivity contribution in [3.63, 3.8) is 0 Å². The van der Waals surface area contributed by atoms with Crippen LogP contribution in [0, 0.1) is 25.6 Å². The Morgan fingerprint density at radius 2 is 1.69 bits per heavy atom. The number of halogens is 1. The zero-order valence-electron chi connectivity index (χ0n) is 17.0. The highest BCUT2D eigenvalue weighted by atomic mass is 32.2. The molecule has 2 aromatic carbocycles. The van der Waals surface area contributed by atoms with E-state index in [0.717, 1.165) is 17.7 Å². The van der Waals surface area contributed by atoms with Gasteiger partial charge in [0.05, 0.1) is 10.9 Å². The number of nitrogens with zero attached hydrogens (tertiary/aromatic N) is 1. The van der Waals surface area contributed by atoms with E-state index in [4.69, 9.17) is 0 Å². The van der Waals surface area contributed by atoms with Gasteiger partial charge in [0.15, 0.2) is 0 Å². The van der Waals surface area contributed by atoms with Gasteiger partial charge in [0, 0.05) is 19.0 Å². The number of amides is 1. The van der Waals surface area contributed by atoms with E-state index in [1.807, 2.05) is 26.0 Å². The van der Waals surface area contributed by atoms with Crippen LogP contribution >= 0.6 is 0 Å². The summed E-state index contributed by atoms with van der Waals surface area (Å²) in [6.07, 6.45) is 0.928. The third kappa shape index (κ3) is 4.85. The molecule has 0 spiro atoms. The molecule has 2 aromatic rings. The van der Waals surface area contributed by atoms with E-state index < -0.39 is 15.8 Å². The molecule has 156 valence electrons. The number of nitrogens with one attached hydrogen (secondary N) is 1. The van der Waals surface area contributed by atoms with Crippen molar-refractivity contribution in [2.75, 3.05) is 13.1 Å². The predicted octanol–water partition coefficient (Wildman–Crippen LogP) is 3.72. The first-order valence-electron chi connectivity index (χ1n) is 9.81. The maximum atomic E-state index is 13.1. The Balaban J connectivity index is 1.59. The number of piperidine rings is 1. The van der Waals surface area contributed by atoms with E-state index in [1.165, 1.54) is 27.6 Å². The Bertz CT molecular complexity index is 982. The number of hydrogen-bond donors (Lipinski definition) is 1. The minimum Gasteiger partial charge on any atom is -0.349 e. The third-order valence-electron chi connectivity index (χ3n) is 5.67. The van der Waals surface area contributed by atoms with Crippen LogP contribution in [0.25, 0.3) is 0 Å². The molecule has 5 nitrogen and oxygen atoms in total. The molecule has 1 atom stereocenters. The Hall–Kier alpha value is -2.25. The van der Waals surface area contributed by atoms with Crippen molar-refractivity contribution in [2.45, 2.75) is 44.6 Å². The van der Waals surface area contributed by atoms with E-state index in [1.54, 1.807) is 0 Å². The second-order valence-electron chi connectivity index (χ2n) is 7.71. The normalized spacial score (nSPS) is 17.1. The van der Waals surface area contributed by atoms with Crippen LogP contribution in [-0.4, -0.2) is 31.7 Å². The van der Waals surface area contributed by atoms with Crippen LogP contribution in [-0.2, 0) is 14.8 Å². The molecule has 0 bridgehead atoms. The lowest BCUT2D eigenvalue weighted by Gasteiger charge is -2.31. The SMILES string of the molecule is Cc1ccc(C(C)NC(=O)C2CCN(S(=O)(=O)c3ccc(F)cc3)CC2)cc1C. The van der Waals surface area contributed by atoms with Crippen molar-refractivity contribution >= 4 is 15.9 Å². The first-order chi connectivity index (χ1) is 13.7. The smallest absolute Gasteiger partial charge is 0.243 e. The van der Waals surface area contributed by atoms with Gasteiger partial charge in [-0.2, -0.15) is 4.31 Å². The lowest BCUT2D eigenvalue weighted by molar-refractivity contribution is -0.126. The Morgan fingerprint density at radius 3 is 2.28 bits per heavy atom. The zero-order valence-corrected chi connectivity index (χ0v) is 17.8. The molecule has 1 unspecified atom stereocenters. The topological polar surface area (TPSA) is 66.5 Å². The van der Waals surface area contributed by atoms with Gasteiger partial charge in [-0.15, -0.1) is 0 Å². The lowest BCUT2D eigenvalue weighted by Crippen LogP contribution is -2.43. The van der Waals surface area contributed by atoms with Crippen molar-refractivity contribution in [2.24, 2.45) is 5.92 Å². The number of carbonyl (C=O) groups excluding carboxylic acids is 1. The molecule has 1 N–H and O–H groups in total. The Morgan fingerprint density at radius 1 is 1.07 bits per heavy atom. The van der Waals surface area contributed by atoms with Gasteiger partial charge in [-0.05, 0) is 74.6 Å². The molecule has 1 saturated heterocycles. The van der Waals surface area contributed by atoms with Gasteiger partial charge in [-0.1, -0.05) is 18.2 Å². The van der Waals surface area contributed by atoms with Crippen molar-refractivity contribution in [3.05, 3.63) is 65.0 Å². The summed E-state index contributed by atoms with van der Waals surface area (Å²) in [5.41, 5.74) is 3.45. The highest BCUT2D eigenvalue weighted by Gasteiger charge is 2.32. The number of hydrogen-bond acceptors (Lipinski definition) is 3. The van der Waals surface area contributed by atoms with Gasteiger partial charge < -0.3 is 5.32 Å². The van der Waals surface area contributed by atoms with Crippen LogP contribution in [0.5, 0.6) is 0 Å². The second kappa shape index (κ2) is 8.63. The van der Waals surface area contributed by atoms with Gasteiger partial charge in [-0.25, -0.2) is 12.8 Å². The monoisotopic (exact) mass is 418 g/mol. The molecule has 29 heavy (non-hydrogen) atoms. The van der Waals surface area contributed by atoms with Crippen LogP contribution in [0.4, 0.5) is 4.39 Å². The molecule has 1 aliphatic rings. The highest BCUT2D eigenvalue weighted by molar-refractivity contribution is 7.89. The number of rotatable bonds is 5. The molecule has 3 rings (SSSR count). The summed E-state index contributed by atoms with van der Waals surface area (Å²) in [6.45, 7) is 6.60. The van der Waals surface area contributed by atoms with Crippen LogP contribution in [0.1, 0.15) is 42.5 Å². The average molecular weight is 419 g/mol.